The van der Waals surface area contributed by atoms with Gasteiger partial charge in [0.25, 0.3) is 0 Å². The zero-order valence-electron chi connectivity index (χ0n) is 11.3. The Labute approximate surface area is 104 Å². The summed E-state index contributed by atoms with van der Waals surface area (Å²) in [5.41, 5.74) is 5.46. The zero-order chi connectivity index (χ0) is 12.9. The molecular weight excluding hydrogens is 216 g/mol. The van der Waals surface area contributed by atoms with Crippen molar-refractivity contribution < 1.29 is 9.53 Å². The first kappa shape index (κ1) is 14.5. The van der Waals surface area contributed by atoms with Crippen LogP contribution in [0.2, 0.25) is 0 Å². The second-order valence-electron chi connectivity index (χ2n) is 5.86. The fraction of sp³-hybridized carbons (Fsp3) is 0.923. The van der Waals surface area contributed by atoms with Gasteiger partial charge in [-0.2, -0.15) is 0 Å². The summed E-state index contributed by atoms with van der Waals surface area (Å²) in [5.74, 6) is 0.410. The molecule has 4 nitrogen and oxygen atoms in total. The smallest absolute Gasteiger partial charge is 0.246 e. The van der Waals surface area contributed by atoms with Crippen LogP contribution in [-0.2, 0) is 9.53 Å². The second-order valence-corrected chi connectivity index (χ2v) is 5.86. The van der Waals surface area contributed by atoms with Gasteiger partial charge in [-0.3, -0.25) is 4.79 Å². The molecule has 1 fully saturated rings. The molecule has 1 rings (SSSR count). The van der Waals surface area contributed by atoms with E-state index >= 15 is 0 Å². The van der Waals surface area contributed by atoms with Gasteiger partial charge in [0, 0.05) is 6.04 Å². The maximum Gasteiger partial charge on any atom is 0.246 e. The molecule has 0 aromatic heterocycles. The predicted molar refractivity (Wildman–Crippen MR) is 68.6 cm³/mol. The van der Waals surface area contributed by atoms with Crippen LogP contribution < -0.4 is 11.1 Å². The van der Waals surface area contributed by atoms with Gasteiger partial charge in [-0.25, -0.2) is 0 Å². The van der Waals surface area contributed by atoms with Crippen molar-refractivity contribution >= 4 is 5.91 Å². The quantitative estimate of drug-likeness (QED) is 0.784. The number of hydrogen-bond donors (Lipinski definition) is 2. The van der Waals surface area contributed by atoms with Crippen LogP contribution in [0.4, 0.5) is 0 Å². The van der Waals surface area contributed by atoms with E-state index in [9.17, 15) is 4.79 Å². The highest BCUT2D eigenvalue weighted by molar-refractivity contribution is 5.77. The summed E-state index contributed by atoms with van der Waals surface area (Å²) in [6.45, 7) is 6.64. The number of hydrogen-bond acceptors (Lipinski definition) is 3. The van der Waals surface area contributed by atoms with E-state index in [1.807, 2.05) is 20.8 Å². The summed E-state index contributed by atoms with van der Waals surface area (Å²) in [4.78, 5) is 11.7. The third-order valence-corrected chi connectivity index (χ3v) is 3.19. The molecule has 1 amide bonds. The van der Waals surface area contributed by atoms with Crippen molar-refractivity contribution in [2.24, 2.45) is 11.7 Å². The van der Waals surface area contributed by atoms with Crippen molar-refractivity contribution in [1.82, 2.24) is 5.32 Å². The molecule has 17 heavy (non-hydrogen) atoms. The van der Waals surface area contributed by atoms with Crippen molar-refractivity contribution in [3.8, 4) is 0 Å². The Morgan fingerprint density at radius 3 is 2.59 bits per heavy atom. The summed E-state index contributed by atoms with van der Waals surface area (Å²) < 4.78 is 5.46. The first-order valence-corrected chi connectivity index (χ1v) is 6.56. The van der Waals surface area contributed by atoms with Crippen molar-refractivity contribution in [2.75, 3.05) is 13.2 Å². The molecule has 0 aromatic carbocycles. The van der Waals surface area contributed by atoms with Crippen LogP contribution in [0.1, 0.15) is 46.5 Å². The summed E-state index contributed by atoms with van der Waals surface area (Å²) in [7, 11) is 0. The lowest BCUT2D eigenvalue weighted by Gasteiger charge is -2.31. The fourth-order valence-corrected chi connectivity index (χ4v) is 2.21. The van der Waals surface area contributed by atoms with Gasteiger partial charge in [0.15, 0.2) is 0 Å². The number of rotatable bonds is 4. The van der Waals surface area contributed by atoms with Crippen LogP contribution in [0.15, 0.2) is 0 Å². The molecule has 2 atom stereocenters. The summed E-state index contributed by atoms with van der Waals surface area (Å²) in [5, 5.41) is 3.05. The maximum atomic E-state index is 11.7. The molecule has 0 aliphatic heterocycles. The molecule has 1 aliphatic rings. The minimum atomic E-state index is -0.267. The minimum absolute atomic E-state index is 0.0229. The molecule has 3 N–H and O–H groups in total. The Morgan fingerprint density at radius 2 is 2.00 bits per heavy atom. The van der Waals surface area contributed by atoms with Gasteiger partial charge in [0.2, 0.25) is 5.91 Å². The van der Waals surface area contributed by atoms with Crippen molar-refractivity contribution in [3.05, 3.63) is 0 Å². The minimum Gasteiger partial charge on any atom is -0.366 e. The lowest BCUT2D eigenvalue weighted by molar-refractivity contribution is -0.131. The lowest BCUT2D eigenvalue weighted by Crippen LogP contribution is -2.46. The molecule has 100 valence electrons. The van der Waals surface area contributed by atoms with Crippen LogP contribution in [0.3, 0.4) is 0 Å². The Kier molecular flexibility index (Phi) is 5.40. The largest absolute Gasteiger partial charge is 0.366 e. The number of nitrogens with two attached hydrogens (primary N) is 1. The summed E-state index contributed by atoms with van der Waals surface area (Å²) in [6.07, 6.45) is 4.58. The highest BCUT2D eigenvalue weighted by atomic mass is 16.5. The number of ether oxygens (including phenoxy) is 1. The molecular formula is C13H26N2O2. The molecule has 0 saturated heterocycles. The lowest BCUT2D eigenvalue weighted by atomic mass is 9.84. The van der Waals surface area contributed by atoms with Gasteiger partial charge in [-0.1, -0.05) is 12.8 Å². The van der Waals surface area contributed by atoms with E-state index < -0.39 is 0 Å². The first-order valence-electron chi connectivity index (χ1n) is 6.56. The van der Waals surface area contributed by atoms with Crippen molar-refractivity contribution in [3.63, 3.8) is 0 Å². The third kappa shape index (κ3) is 5.50. The van der Waals surface area contributed by atoms with Crippen LogP contribution in [0.5, 0.6) is 0 Å². The zero-order valence-corrected chi connectivity index (χ0v) is 11.3. The first-order chi connectivity index (χ1) is 7.92. The number of amides is 1. The predicted octanol–water partition coefficient (Wildman–Crippen LogP) is 1.44. The van der Waals surface area contributed by atoms with Gasteiger partial charge < -0.3 is 15.8 Å². The van der Waals surface area contributed by atoms with Crippen LogP contribution in [-0.4, -0.2) is 30.7 Å². The normalized spacial score (nSPS) is 25.6. The van der Waals surface area contributed by atoms with Gasteiger partial charge in [-0.05, 0) is 46.1 Å². The monoisotopic (exact) mass is 242 g/mol. The third-order valence-electron chi connectivity index (χ3n) is 3.19. The van der Waals surface area contributed by atoms with E-state index in [-0.39, 0.29) is 24.2 Å². The van der Waals surface area contributed by atoms with Gasteiger partial charge in [0.05, 0.1) is 5.60 Å². The van der Waals surface area contributed by atoms with E-state index in [4.69, 9.17) is 10.5 Å². The fourth-order valence-electron chi connectivity index (χ4n) is 2.21. The molecule has 0 aromatic rings. The Balaban J connectivity index is 2.33. The van der Waals surface area contributed by atoms with Crippen molar-refractivity contribution in [1.29, 1.82) is 0 Å². The van der Waals surface area contributed by atoms with Crippen LogP contribution in [0.25, 0.3) is 0 Å². The second kappa shape index (κ2) is 6.36. The van der Waals surface area contributed by atoms with E-state index in [2.05, 4.69) is 5.32 Å². The highest BCUT2D eigenvalue weighted by Gasteiger charge is 2.25. The van der Waals surface area contributed by atoms with Gasteiger partial charge in [-0.15, -0.1) is 0 Å². The molecule has 1 aliphatic carbocycles. The molecule has 0 heterocycles. The molecule has 0 radical (unpaired) electrons. The molecule has 4 heteroatoms. The molecule has 0 bridgehead atoms. The molecule has 1 saturated carbocycles. The Hall–Kier alpha value is -0.610. The average Bonchev–Trinajstić information content (AvgIpc) is 2.26. The number of carbonyl (C=O) groups excluding carboxylic acids is 1. The Bertz CT molecular complexity index is 248. The van der Waals surface area contributed by atoms with E-state index in [1.165, 1.54) is 12.8 Å². The summed E-state index contributed by atoms with van der Waals surface area (Å²) in [6, 6.07) is 0.241. The van der Waals surface area contributed by atoms with Crippen molar-refractivity contribution in [2.45, 2.75) is 58.1 Å². The van der Waals surface area contributed by atoms with Crippen LogP contribution in [0, 0.1) is 5.92 Å². The van der Waals surface area contributed by atoms with E-state index in [0.29, 0.717) is 12.5 Å². The van der Waals surface area contributed by atoms with E-state index in [0.717, 1.165) is 12.8 Å². The van der Waals surface area contributed by atoms with E-state index in [1.54, 1.807) is 0 Å². The molecule has 2 unspecified atom stereocenters. The summed E-state index contributed by atoms with van der Waals surface area (Å²) >= 11 is 0. The number of carbonyl (C=O) groups is 1. The van der Waals surface area contributed by atoms with Gasteiger partial charge in [0.1, 0.15) is 6.61 Å². The Morgan fingerprint density at radius 1 is 1.35 bits per heavy atom. The van der Waals surface area contributed by atoms with Gasteiger partial charge >= 0.3 is 0 Å². The SMILES string of the molecule is CC(C)(C)OCC(=O)NC1CCCCC1CN. The van der Waals surface area contributed by atoms with Crippen LogP contribution >= 0.6 is 0 Å². The standard InChI is InChI=1S/C13H26N2O2/c1-13(2,3)17-9-12(16)15-11-7-5-4-6-10(11)8-14/h10-11H,4-9,14H2,1-3H3,(H,15,16). The topological polar surface area (TPSA) is 64.3 Å². The molecule has 0 spiro atoms. The number of nitrogens with one attached hydrogen (secondary N) is 1. The highest BCUT2D eigenvalue weighted by Crippen LogP contribution is 2.23. The average molecular weight is 242 g/mol. The maximum absolute atomic E-state index is 11.7.